The van der Waals surface area contributed by atoms with Crippen molar-refractivity contribution >= 4 is 15.7 Å². The topological polar surface area (TPSA) is 46.2 Å². The first-order valence-corrected chi connectivity index (χ1v) is 4.53. The Kier molecular flexibility index (Phi) is 6.53. The highest BCUT2D eigenvalue weighted by atomic mass is 32.2. The van der Waals surface area contributed by atoms with Crippen LogP contribution >= 0.6 is 0 Å². The number of nitrogens with one attached hydrogen (secondary N) is 1. The fraction of sp³-hybridized carbons (Fsp3) is 0.833. The van der Waals surface area contributed by atoms with E-state index >= 15 is 0 Å². The summed E-state index contributed by atoms with van der Waals surface area (Å²) in [5, 5.41) is 4.35. The van der Waals surface area contributed by atoms with Crippen molar-refractivity contribution in [3.05, 3.63) is 0 Å². The average molecular weight is 163 g/mol. The van der Waals surface area contributed by atoms with Gasteiger partial charge in [-0.05, 0) is 25.9 Å². The Morgan fingerprint density at radius 3 is 2.60 bits per heavy atom. The molecular formula is C6H13NO2S. The van der Waals surface area contributed by atoms with Crippen LogP contribution in [0.5, 0.6) is 0 Å². The second-order valence-electron chi connectivity index (χ2n) is 1.97. The van der Waals surface area contributed by atoms with Crippen molar-refractivity contribution in [2.45, 2.75) is 19.8 Å². The first-order chi connectivity index (χ1) is 4.77. The van der Waals surface area contributed by atoms with E-state index in [0.717, 1.165) is 19.5 Å². The van der Waals surface area contributed by atoms with Crippen LogP contribution in [0, 0.1) is 0 Å². The lowest BCUT2D eigenvalue weighted by atomic mass is 10.4. The Bertz CT molecular complexity index is 176. The fourth-order valence-corrected chi connectivity index (χ4v) is 0.869. The van der Waals surface area contributed by atoms with Crippen LogP contribution in [-0.2, 0) is 10.3 Å². The van der Waals surface area contributed by atoms with Gasteiger partial charge in [0.05, 0.1) is 0 Å². The summed E-state index contributed by atoms with van der Waals surface area (Å²) >= 11 is 0. The Balaban J connectivity index is 3.14. The molecule has 1 N–H and O–H groups in total. The SMILES string of the molecule is CCCNCCC=S(=O)=O. The maximum absolute atomic E-state index is 9.95. The summed E-state index contributed by atoms with van der Waals surface area (Å²) in [6.07, 6.45) is 1.68. The van der Waals surface area contributed by atoms with Gasteiger partial charge in [-0.15, -0.1) is 0 Å². The minimum atomic E-state index is -1.99. The summed E-state index contributed by atoms with van der Waals surface area (Å²) in [6.45, 7) is 3.78. The molecule has 0 amide bonds. The third-order valence-electron chi connectivity index (χ3n) is 1.00. The number of rotatable bonds is 5. The Labute approximate surface area is 63.0 Å². The second-order valence-corrected chi connectivity index (χ2v) is 2.82. The van der Waals surface area contributed by atoms with Crippen LogP contribution in [0.25, 0.3) is 0 Å². The minimum absolute atomic E-state index is 0.593. The molecule has 0 spiro atoms. The van der Waals surface area contributed by atoms with Crippen molar-refractivity contribution in [1.82, 2.24) is 5.32 Å². The first-order valence-electron chi connectivity index (χ1n) is 3.39. The molecule has 0 fully saturated rings. The molecule has 0 aromatic heterocycles. The molecule has 0 radical (unpaired) electrons. The van der Waals surface area contributed by atoms with Gasteiger partial charge < -0.3 is 5.32 Å². The summed E-state index contributed by atoms with van der Waals surface area (Å²) in [7, 11) is -1.99. The van der Waals surface area contributed by atoms with Gasteiger partial charge in [-0.3, -0.25) is 0 Å². The maximum atomic E-state index is 9.95. The predicted octanol–water partition coefficient (Wildman–Crippen LogP) is 0.0574. The van der Waals surface area contributed by atoms with Gasteiger partial charge in [-0.25, -0.2) is 0 Å². The predicted molar refractivity (Wildman–Crippen MR) is 42.8 cm³/mol. The van der Waals surface area contributed by atoms with Crippen molar-refractivity contribution in [2.24, 2.45) is 0 Å². The van der Waals surface area contributed by atoms with Crippen LogP contribution in [0.4, 0.5) is 0 Å². The molecule has 4 heteroatoms. The van der Waals surface area contributed by atoms with Crippen LogP contribution in [0.3, 0.4) is 0 Å². The molecule has 0 saturated carbocycles. The second kappa shape index (κ2) is 6.77. The van der Waals surface area contributed by atoms with E-state index in [1.807, 2.05) is 0 Å². The lowest BCUT2D eigenvalue weighted by molar-refractivity contribution is 0.626. The third-order valence-corrected chi connectivity index (χ3v) is 1.51. The largest absolute Gasteiger partial charge is 0.316 e. The van der Waals surface area contributed by atoms with Gasteiger partial charge in [0, 0.05) is 5.37 Å². The zero-order valence-electron chi connectivity index (χ0n) is 6.13. The summed E-state index contributed by atoms with van der Waals surface area (Å²) < 4.78 is 19.9. The van der Waals surface area contributed by atoms with Crippen LogP contribution in [-0.4, -0.2) is 26.9 Å². The summed E-state index contributed by atoms with van der Waals surface area (Å²) in [5.41, 5.74) is 0. The van der Waals surface area contributed by atoms with E-state index in [2.05, 4.69) is 12.2 Å². The molecule has 0 aromatic rings. The van der Waals surface area contributed by atoms with Crippen LogP contribution < -0.4 is 5.32 Å². The van der Waals surface area contributed by atoms with Gasteiger partial charge in [-0.2, -0.15) is 8.42 Å². The van der Waals surface area contributed by atoms with Gasteiger partial charge in [-0.1, -0.05) is 6.92 Å². The average Bonchev–Trinajstić information content (AvgIpc) is 1.87. The summed E-state index contributed by atoms with van der Waals surface area (Å²) in [5.74, 6) is 0. The molecule has 0 unspecified atom stereocenters. The molecule has 0 rings (SSSR count). The molecule has 0 bridgehead atoms. The van der Waals surface area contributed by atoms with Crippen molar-refractivity contribution in [3.8, 4) is 0 Å². The highest BCUT2D eigenvalue weighted by Gasteiger charge is 1.81. The number of hydrogen-bond acceptors (Lipinski definition) is 3. The smallest absolute Gasteiger partial charge is 0.209 e. The van der Waals surface area contributed by atoms with E-state index in [-0.39, 0.29) is 0 Å². The molecule has 0 heterocycles. The molecule has 0 aliphatic rings. The molecule has 3 nitrogen and oxygen atoms in total. The number of hydrogen-bond donors (Lipinski definition) is 1. The minimum Gasteiger partial charge on any atom is -0.316 e. The molecule has 0 aliphatic carbocycles. The lowest BCUT2D eigenvalue weighted by Gasteiger charge is -1.95. The Morgan fingerprint density at radius 1 is 1.40 bits per heavy atom. The van der Waals surface area contributed by atoms with Crippen LogP contribution in [0.1, 0.15) is 19.8 Å². The van der Waals surface area contributed by atoms with E-state index < -0.39 is 10.3 Å². The molecule has 0 saturated heterocycles. The van der Waals surface area contributed by atoms with Crippen LogP contribution in [0.15, 0.2) is 0 Å². The molecule has 10 heavy (non-hydrogen) atoms. The maximum Gasteiger partial charge on any atom is 0.209 e. The zero-order chi connectivity index (χ0) is 7.82. The van der Waals surface area contributed by atoms with E-state index in [0.29, 0.717) is 6.42 Å². The quantitative estimate of drug-likeness (QED) is 0.460. The molecular weight excluding hydrogens is 150 g/mol. The third kappa shape index (κ3) is 7.65. The highest BCUT2D eigenvalue weighted by Crippen LogP contribution is 1.71. The standard InChI is InChI=1S/C6H13NO2S/c1-2-4-7-5-3-6-10(8)9/h6-7H,2-5H2,1H3. The molecule has 0 aromatic carbocycles. The van der Waals surface area contributed by atoms with Crippen molar-refractivity contribution in [1.29, 1.82) is 0 Å². The van der Waals surface area contributed by atoms with Gasteiger partial charge in [0.15, 0.2) is 0 Å². The summed E-state index contributed by atoms with van der Waals surface area (Å²) in [4.78, 5) is 0. The van der Waals surface area contributed by atoms with Crippen molar-refractivity contribution < 1.29 is 8.42 Å². The van der Waals surface area contributed by atoms with E-state index in [1.165, 1.54) is 5.37 Å². The Hall–Kier alpha value is -0.350. The van der Waals surface area contributed by atoms with Crippen molar-refractivity contribution in [2.75, 3.05) is 13.1 Å². The van der Waals surface area contributed by atoms with E-state index in [9.17, 15) is 8.42 Å². The Morgan fingerprint density at radius 2 is 2.10 bits per heavy atom. The molecule has 60 valence electrons. The van der Waals surface area contributed by atoms with Gasteiger partial charge in [0.2, 0.25) is 10.3 Å². The highest BCUT2D eigenvalue weighted by molar-refractivity contribution is 7.71. The molecule has 0 aliphatic heterocycles. The van der Waals surface area contributed by atoms with Crippen LogP contribution in [0.2, 0.25) is 0 Å². The van der Waals surface area contributed by atoms with E-state index in [4.69, 9.17) is 0 Å². The van der Waals surface area contributed by atoms with Crippen molar-refractivity contribution in [3.63, 3.8) is 0 Å². The molecule has 0 atom stereocenters. The lowest BCUT2D eigenvalue weighted by Crippen LogP contribution is -2.16. The van der Waals surface area contributed by atoms with Gasteiger partial charge in [0.25, 0.3) is 0 Å². The van der Waals surface area contributed by atoms with E-state index in [1.54, 1.807) is 0 Å². The summed E-state index contributed by atoms with van der Waals surface area (Å²) in [6, 6.07) is 0. The van der Waals surface area contributed by atoms with Gasteiger partial charge in [0.1, 0.15) is 0 Å². The fourth-order valence-electron chi connectivity index (χ4n) is 0.559. The first kappa shape index (κ1) is 9.65. The monoisotopic (exact) mass is 163 g/mol. The van der Waals surface area contributed by atoms with Gasteiger partial charge >= 0.3 is 0 Å². The normalized spacial score (nSPS) is 9.30. The zero-order valence-corrected chi connectivity index (χ0v) is 6.95.